The minimum absolute atomic E-state index is 0.201. The van der Waals surface area contributed by atoms with Crippen LogP contribution in [-0.4, -0.2) is 5.91 Å². The number of amides is 1. The van der Waals surface area contributed by atoms with Gasteiger partial charge in [0.25, 0.3) is 5.91 Å². The van der Waals surface area contributed by atoms with E-state index in [1.54, 1.807) is 32.0 Å². The summed E-state index contributed by atoms with van der Waals surface area (Å²) >= 11 is 0. The molecule has 0 heterocycles. The van der Waals surface area contributed by atoms with Gasteiger partial charge in [-0.2, -0.15) is 0 Å². The number of hydrogen-bond acceptors (Lipinski definition) is 2. The summed E-state index contributed by atoms with van der Waals surface area (Å²) in [5.74, 6) is -0.418. The van der Waals surface area contributed by atoms with Crippen LogP contribution in [0.25, 0.3) is 0 Å². The van der Waals surface area contributed by atoms with Crippen LogP contribution in [0.15, 0.2) is 30.3 Å². The minimum atomic E-state index is -0.217. The summed E-state index contributed by atoms with van der Waals surface area (Å²) in [5.41, 5.74) is 9.66. The Morgan fingerprint density at radius 1 is 1.14 bits per heavy atom. The molecule has 2 aromatic rings. The molecule has 0 aliphatic rings. The predicted molar refractivity (Wildman–Crippen MR) is 82.6 cm³/mol. The molecule has 0 aliphatic heterocycles. The van der Waals surface area contributed by atoms with Crippen LogP contribution in [0.2, 0.25) is 0 Å². The van der Waals surface area contributed by atoms with Crippen molar-refractivity contribution in [3.8, 4) is 0 Å². The van der Waals surface area contributed by atoms with Crippen LogP contribution in [0.4, 0.5) is 10.1 Å². The lowest BCUT2D eigenvalue weighted by Gasteiger charge is -2.11. The average Bonchev–Trinajstić information content (AvgIpc) is 2.42. The first kappa shape index (κ1) is 15.0. The molecule has 2 rings (SSSR count). The number of halogens is 1. The number of hydrogen-bond donors (Lipinski definition) is 2. The third-order valence-corrected chi connectivity index (χ3v) is 3.48. The zero-order valence-corrected chi connectivity index (χ0v) is 12.5. The summed E-state index contributed by atoms with van der Waals surface area (Å²) in [5, 5.41) is 2.83. The van der Waals surface area contributed by atoms with Gasteiger partial charge >= 0.3 is 0 Å². The highest BCUT2D eigenvalue weighted by Gasteiger charge is 2.12. The number of aryl methyl sites for hydroxylation is 3. The summed E-state index contributed by atoms with van der Waals surface area (Å²) in [6.07, 6.45) is 0. The van der Waals surface area contributed by atoms with Gasteiger partial charge in [0.15, 0.2) is 0 Å². The summed E-state index contributed by atoms with van der Waals surface area (Å²) in [6.45, 7) is 5.62. The van der Waals surface area contributed by atoms with Gasteiger partial charge in [0, 0.05) is 12.2 Å². The molecule has 0 unspecified atom stereocenters. The fourth-order valence-corrected chi connectivity index (χ4v) is 2.41. The van der Waals surface area contributed by atoms with Gasteiger partial charge in [0.05, 0.1) is 5.56 Å². The Kier molecular flexibility index (Phi) is 4.26. The predicted octanol–water partition coefficient (Wildman–Crippen LogP) is 3.26. The van der Waals surface area contributed by atoms with Crippen LogP contribution in [0.1, 0.15) is 32.6 Å². The zero-order chi connectivity index (χ0) is 15.6. The van der Waals surface area contributed by atoms with E-state index >= 15 is 0 Å². The van der Waals surface area contributed by atoms with Crippen molar-refractivity contribution in [2.45, 2.75) is 27.3 Å². The van der Waals surface area contributed by atoms with Gasteiger partial charge in [-0.05, 0) is 49.1 Å². The summed E-state index contributed by atoms with van der Waals surface area (Å²) < 4.78 is 13.6. The molecule has 0 bridgehead atoms. The first-order chi connectivity index (χ1) is 9.90. The van der Waals surface area contributed by atoms with Crippen molar-refractivity contribution >= 4 is 11.6 Å². The van der Waals surface area contributed by atoms with Crippen molar-refractivity contribution in [3.05, 3.63) is 64.0 Å². The third-order valence-electron chi connectivity index (χ3n) is 3.48. The SMILES string of the molecule is Cc1cc(CNC(=O)c2c(C)cccc2N)cc(C)c1F. The van der Waals surface area contributed by atoms with Crippen molar-refractivity contribution < 1.29 is 9.18 Å². The maximum Gasteiger partial charge on any atom is 0.253 e. The molecule has 0 saturated heterocycles. The number of carbonyl (C=O) groups excluding carboxylic acids is 1. The van der Waals surface area contributed by atoms with Crippen LogP contribution in [0.3, 0.4) is 0 Å². The van der Waals surface area contributed by atoms with Gasteiger partial charge in [0.2, 0.25) is 0 Å². The highest BCUT2D eigenvalue weighted by atomic mass is 19.1. The lowest BCUT2D eigenvalue weighted by molar-refractivity contribution is 0.0951. The number of anilines is 1. The summed E-state index contributed by atoms with van der Waals surface area (Å²) in [7, 11) is 0. The first-order valence-electron chi connectivity index (χ1n) is 6.79. The van der Waals surface area contributed by atoms with Crippen LogP contribution < -0.4 is 11.1 Å². The molecule has 0 radical (unpaired) electrons. The topological polar surface area (TPSA) is 55.1 Å². The molecule has 110 valence electrons. The van der Waals surface area contributed by atoms with E-state index < -0.39 is 0 Å². The smallest absolute Gasteiger partial charge is 0.253 e. The van der Waals surface area contributed by atoms with Crippen molar-refractivity contribution in [1.82, 2.24) is 5.32 Å². The number of nitrogens with one attached hydrogen (secondary N) is 1. The van der Waals surface area contributed by atoms with Gasteiger partial charge in [-0.3, -0.25) is 4.79 Å². The minimum Gasteiger partial charge on any atom is -0.398 e. The Labute approximate surface area is 124 Å². The number of benzene rings is 2. The van der Waals surface area contributed by atoms with E-state index in [4.69, 9.17) is 5.73 Å². The van der Waals surface area contributed by atoms with Crippen molar-refractivity contribution in [3.63, 3.8) is 0 Å². The van der Waals surface area contributed by atoms with Gasteiger partial charge < -0.3 is 11.1 Å². The Morgan fingerprint density at radius 2 is 1.76 bits per heavy atom. The van der Waals surface area contributed by atoms with Crippen LogP contribution in [0.5, 0.6) is 0 Å². The van der Waals surface area contributed by atoms with E-state index in [0.29, 0.717) is 28.9 Å². The van der Waals surface area contributed by atoms with E-state index in [0.717, 1.165) is 11.1 Å². The summed E-state index contributed by atoms with van der Waals surface area (Å²) in [4.78, 5) is 12.2. The number of carbonyl (C=O) groups is 1. The fourth-order valence-electron chi connectivity index (χ4n) is 2.41. The largest absolute Gasteiger partial charge is 0.398 e. The molecule has 3 nitrogen and oxygen atoms in total. The molecule has 2 aromatic carbocycles. The van der Waals surface area contributed by atoms with Crippen molar-refractivity contribution in [1.29, 1.82) is 0 Å². The number of nitrogen functional groups attached to an aromatic ring is 1. The Balaban J connectivity index is 2.15. The second-order valence-corrected chi connectivity index (χ2v) is 5.27. The van der Waals surface area contributed by atoms with E-state index in [9.17, 15) is 9.18 Å². The van der Waals surface area contributed by atoms with Crippen molar-refractivity contribution in [2.75, 3.05) is 5.73 Å². The average molecular weight is 286 g/mol. The second-order valence-electron chi connectivity index (χ2n) is 5.27. The molecule has 4 heteroatoms. The van der Waals surface area contributed by atoms with Gasteiger partial charge in [0.1, 0.15) is 5.82 Å². The Hall–Kier alpha value is -2.36. The number of rotatable bonds is 3. The van der Waals surface area contributed by atoms with Gasteiger partial charge in [-0.15, -0.1) is 0 Å². The maximum absolute atomic E-state index is 13.6. The van der Waals surface area contributed by atoms with E-state index in [1.165, 1.54) is 0 Å². The monoisotopic (exact) mass is 286 g/mol. The normalized spacial score (nSPS) is 10.5. The van der Waals surface area contributed by atoms with E-state index in [-0.39, 0.29) is 11.7 Å². The van der Waals surface area contributed by atoms with E-state index in [1.807, 2.05) is 19.1 Å². The third kappa shape index (κ3) is 3.21. The lowest BCUT2D eigenvalue weighted by Crippen LogP contribution is -2.24. The molecule has 0 atom stereocenters. The van der Waals surface area contributed by atoms with Crippen molar-refractivity contribution in [2.24, 2.45) is 0 Å². The molecule has 0 spiro atoms. The van der Waals surface area contributed by atoms with Gasteiger partial charge in [-0.1, -0.05) is 24.3 Å². The van der Waals surface area contributed by atoms with E-state index in [2.05, 4.69) is 5.32 Å². The quantitative estimate of drug-likeness (QED) is 0.851. The standard InChI is InChI=1S/C17H19FN2O/c1-10-5-4-6-14(19)15(10)17(21)20-9-13-7-11(2)16(18)12(3)8-13/h4-8H,9,19H2,1-3H3,(H,20,21). The Bertz CT molecular complexity index is 652. The molecule has 21 heavy (non-hydrogen) atoms. The highest BCUT2D eigenvalue weighted by Crippen LogP contribution is 2.17. The molecule has 0 aliphatic carbocycles. The Morgan fingerprint density at radius 3 is 2.33 bits per heavy atom. The second kappa shape index (κ2) is 5.95. The van der Waals surface area contributed by atoms with Crippen LogP contribution in [0, 0.1) is 26.6 Å². The fraction of sp³-hybridized carbons (Fsp3) is 0.235. The first-order valence-corrected chi connectivity index (χ1v) is 6.79. The van der Waals surface area contributed by atoms with Crippen LogP contribution >= 0.6 is 0 Å². The lowest BCUT2D eigenvalue weighted by atomic mass is 10.0. The maximum atomic E-state index is 13.6. The zero-order valence-electron chi connectivity index (χ0n) is 12.5. The molecular weight excluding hydrogens is 267 g/mol. The molecular formula is C17H19FN2O. The summed E-state index contributed by atoms with van der Waals surface area (Å²) in [6, 6.07) is 8.84. The molecule has 0 fully saturated rings. The molecule has 0 saturated carbocycles. The molecule has 1 amide bonds. The van der Waals surface area contributed by atoms with Gasteiger partial charge in [-0.25, -0.2) is 4.39 Å². The number of nitrogens with two attached hydrogens (primary N) is 1. The highest BCUT2D eigenvalue weighted by molar-refractivity contribution is 6.00. The van der Waals surface area contributed by atoms with Crippen LogP contribution in [-0.2, 0) is 6.54 Å². The molecule has 0 aromatic heterocycles. The molecule has 3 N–H and O–H groups in total.